The highest BCUT2D eigenvalue weighted by molar-refractivity contribution is 7.10. The van der Waals surface area contributed by atoms with E-state index in [9.17, 15) is 14.7 Å². The summed E-state index contributed by atoms with van der Waals surface area (Å²) in [5.74, 6) is -0.863. The van der Waals surface area contributed by atoms with Gasteiger partial charge < -0.3 is 19.5 Å². The Labute approximate surface area is 190 Å². The molecule has 4 rings (SSSR count). The van der Waals surface area contributed by atoms with Crippen LogP contribution in [0.25, 0.3) is 5.76 Å². The van der Waals surface area contributed by atoms with E-state index in [1.54, 1.807) is 11.0 Å². The van der Waals surface area contributed by atoms with E-state index in [1.807, 2.05) is 17.5 Å². The van der Waals surface area contributed by atoms with Gasteiger partial charge in [-0.1, -0.05) is 36.9 Å². The molecule has 31 heavy (non-hydrogen) atoms. The minimum Gasteiger partial charge on any atom is -0.507 e. The van der Waals surface area contributed by atoms with Crippen LogP contribution in [0.1, 0.15) is 48.6 Å². The molecule has 1 aliphatic heterocycles. The number of benzene rings is 1. The van der Waals surface area contributed by atoms with Crippen LogP contribution < -0.4 is 9.47 Å². The van der Waals surface area contributed by atoms with Crippen LogP contribution >= 0.6 is 22.9 Å². The van der Waals surface area contributed by atoms with Gasteiger partial charge in [-0.3, -0.25) is 9.59 Å². The minimum atomic E-state index is -0.685. The third-order valence-corrected chi connectivity index (χ3v) is 7.21. The first-order chi connectivity index (χ1) is 15.0. The summed E-state index contributed by atoms with van der Waals surface area (Å²) >= 11 is 7.74. The summed E-state index contributed by atoms with van der Waals surface area (Å²) in [6, 6.07) is 6.16. The molecular formula is C23H24ClNO5S. The zero-order chi connectivity index (χ0) is 22.1. The molecule has 0 spiro atoms. The fourth-order valence-electron chi connectivity index (χ4n) is 4.50. The number of Topliss-reactive ketones (excluding diaryl/α,β-unsaturated/α-hetero) is 1. The average molecular weight is 462 g/mol. The summed E-state index contributed by atoms with van der Waals surface area (Å²) in [5.41, 5.74) is 0.314. The Balaban J connectivity index is 1.89. The van der Waals surface area contributed by atoms with Crippen molar-refractivity contribution in [1.82, 2.24) is 4.90 Å². The maximum Gasteiger partial charge on any atom is 0.295 e. The van der Waals surface area contributed by atoms with Gasteiger partial charge in [0.2, 0.25) is 0 Å². The van der Waals surface area contributed by atoms with Crippen LogP contribution in [0.3, 0.4) is 0 Å². The zero-order valence-electron chi connectivity index (χ0n) is 17.4. The highest BCUT2D eigenvalue weighted by atomic mass is 35.5. The number of hydrogen-bond donors (Lipinski definition) is 1. The Morgan fingerprint density at radius 3 is 2.45 bits per heavy atom. The minimum absolute atomic E-state index is 0.0241. The van der Waals surface area contributed by atoms with Crippen LogP contribution in [0, 0.1) is 0 Å². The van der Waals surface area contributed by atoms with Gasteiger partial charge in [0.05, 0.1) is 36.4 Å². The van der Waals surface area contributed by atoms with Crippen molar-refractivity contribution in [3.8, 4) is 11.5 Å². The van der Waals surface area contributed by atoms with Crippen LogP contribution in [0.15, 0.2) is 35.2 Å². The number of likely N-dealkylation sites (tertiary alicyclic amines) is 1. The molecule has 1 unspecified atom stereocenters. The van der Waals surface area contributed by atoms with E-state index in [0.717, 1.165) is 37.0 Å². The maximum absolute atomic E-state index is 13.2. The molecule has 2 heterocycles. The number of ether oxygens (including phenoxy) is 2. The molecule has 6 nitrogen and oxygen atoms in total. The number of ketones is 1. The summed E-state index contributed by atoms with van der Waals surface area (Å²) in [6.45, 7) is 0. The van der Waals surface area contributed by atoms with Gasteiger partial charge in [0.25, 0.3) is 11.7 Å². The predicted molar refractivity (Wildman–Crippen MR) is 120 cm³/mol. The molecule has 1 saturated carbocycles. The lowest BCUT2D eigenvalue weighted by Crippen LogP contribution is -2.40. The SMILES string of the molecule is COc1cc(OC)c(/C(O)=C2/C(=O)C(=O)N(C3CCCCC3)C2c2cccs2)cc1Cl. The molecule has 0 radical (unpaired) electrons. The number of halogens is 1. The summed E-state index contributed by atoms with van der Waals surface area (Å²) in [7, 11) is 2.93. The van der Waals surface area contributed by atoms with Crippen molar-refractivity contribution in [3.63, 3.8) is 0 Å². The predicted octanol–water partition coefficient (Wildman–Crippen LogP) is 5.17. The third-order valence-electron chi connectivity index (χ3n) is 5.99. The van der Waals surface area contributed by atoms with E-state index >= 15 is 0 Å². The number of rotatable bonds is 5. The molecule has 1 amide bonds. The van der Waals surface area contributed by atoms with Crippen molar-refractivity contribution >= 4 is 40.4 Å². The second-order valence-corrected chi connectivity index (χ2v) is 9.09. The van der Waals surface area contributed by atoms with E-state index < -0.39 is 17.7 Å². The van der Waals surface area contributed by atoms with Crippen LogP contribution in [-0.4, -0.2) is 42.0 Å². The van der Waals surface area contributed by atoms with Crippen LogP contribution in [0.4, 0.5) is 0 Å². The normalized spacial score (nSPS) is 21.5. The Kier molecular flexibility index (Phi) is 6.25. The number of carbonyl (C=O) groups excluding carboxylic acids is 2. The van der Waals surface area contributed by atoms with E-state index in [-0.39, 0.29) is 28.0 Å². The molecule has 8 heteroatoms. The smallest absolute Gasteiger partial charge is 0.295 e. The molecule has 1 saturated heterocycles. The van der Waals surface area contributed by atoms with Gasteiger partial charge in [0.1, 0.15) is 17.3 Å². The quantitative estimate of drug-likeness (QED) is 0.377. The van der Waals surface area contributed by atoms with Crippen LogP contribution in [-0.2, 0) is 9.59 Å². The molecule has 0 bridgehead atoms. The van der Waals surface area contributed by atoms with Gasteiger partial charge in [-0.05, 0) is 30.4 Å². The number of amides is 1. The van der Waals surface area contributed by atoms with Gasteiger partial charge in [-0.2, -0.15) is 0 Å². The van der Waals surface area contributed by atoms with Gasteiger partial charge in [-0.15, -0.1) is 11.3 Å². The first-order valence-corrected chi connectivity index (χ1v) is 11.5. The first-order valence-electron chi connectivity index (χ1n) is 10.2. The van der Waals surface area contributed by atoms with Crippen molar-refractivity contribution in [3.05, 3.63) is 50.7 Å². The van der Waals surface area contributed by atoms with Gasteiger partial charge in [0.15, 0.2) is 0 Å². The molecule has 2 fully saturated rings. The molecule has 1 aromatic carbocycles. The standard InChI is InChI=1S/C23H24ClNO5S/c1-29-16-12-17(30-2)15(24)11-14(16)21(26)19-20(18-9-6-10-31-18)25(23(28)22(19)27)13-7-4-3-5-8-13/h6,9-13,20,26H,3-5,7-8H2,1-2H3/b21-19-. The van der Waals surface area contributed by atoms with Crippen LogP contribution in [0.2, 0.25) is 5.02 Å². The van der Waals surface area contributed by atoms with E-state index in [2.05, 4.69) is 0 Å². The van der Waals surface area contributed by atoms with Crippen molar-refractivity contribution in [2.24, 2.45) is 0 Å². The van der Waals surface area contributed by atoms with Gasteiger partial charge >= 0.3 is 0 Å². The topological polar surface area (TPSA) is 76.1 Å². The monoisotopic (exact) mass is 461 g/mol. The molecule has 164 valence electrons. The number of aliphatic hydroxyl groups excluding tert-OH is 1. The molecule has 2 aromatic rings. The molecule has 1 N–H and O–H groups in total. The number of methoxy groups -OCH3 is 2. The maximum atomic E-state index is 13.2. The largest absolute Gasteiger partial charge is 0.507 e. The van der Waals surface area contributed by atoms with E-state index in [0.29, 0.717) is 11.5 Å². The fourth-order valence-corrected chi connectivity index (χ4v) is 5.57. The van der Waals surface area contributed by atoms with Crippen molar-refractivity contribution in [2.75, 3.05) is 14.2 Å². The first kappa shape index (κ1) is 21.7. The highest BCUT2D eigenvalue weighted by Gasteiger charge is 2.49. The fraction of sp³-hybridized carbons (Fsp3) is 0.391. The number of nitrogens with zero attached hydrogens (tertiary/aromatic N) is 1. The Bertz CT molecular complexity index is 1030. The second-order valence-electron chi connectivity index (χ2n) is 7.70. The summed E-state index contributed by atoms with van der Waals surface area (Å²) in [6.07, 6.45) is 4.88. The molecule has 1 atom stereocenters. The van der Waals surface area contributed by atoms with E-state index in [1.165, 1.54) is 31.6 Å². The highest BCUT2D eigenvalue weighted by Crippen LogP contribution is 2.46. The van der Waals surface area contributed by atoms with Crippen molar-refractivity contribution < 1.29 is 24.2 Å². The molecule has 1 aliphatic carbocycles. The third kappa shape index (κ3) is 3.81. The van der Waals surface area contributed by atoms with Gasteiger partial charge in [-0.25, -0.2) is 0 Å². The second kappa shape index (κ2) is 8.93. The van der Waals surface area contributed by atoms with Crippen molar-refractivity contribution in [1.29, 1.82) is 0 Å². The Morgan fingerprint density at radius 2 is 1.84 bits per heavy atom. The number of carbonyl (C=O) groups is 2. The van der Waals surface area contributed by atoms with E-state index in [4.69, 9.17) is 21.1 Å². The molecular weight excluding hydrogens is 438 g/mol. The molecule has 1 aromatic heterocycles. The summed E-state index contributed by atoms with van der Waals surface area (Å²) < 4.78 is 10.6. The van der Waals surface area contributed by atoms with Crippen molar-refractivity contribution in [2.45, 2.75) is 44.2 Å². The lowest BCUT2D eigenvalue weighted by Gasteiger charge is -2.34. The number of thiophene rings is 1. The number of hydrogen-bond acceptors (Lipinski definition) is 6. The van der Waals surface area contributed by atoms with Gasteiger partial charge in [0, 0.05) is 17.0 Å². The average Bonchev–Trinajstić information content (AvgIpc) is 3.40. The van der Waals surface area contributed by atoms with Crippen LogP contribution in [0.5, 0.6) is 11.5 Å². The molecule has 2 aliphatic rings. The summed E-state index contributed by atoms with van der Waals surface area (Å²) in [4.78, 5) is 28.8. The Morgan fingerprint density at radius 1 is 1.13 bits per heavy atom. The Hall–Kier alpha value is -2.51. The summed E-state index contributed by atoms with van der Waals surface area (Å²) in [5, 5.41) is 13.5. The zero-order valence-corrected chi connectivity index (χ0v) is 19.0. The lowest BCUT2D eigenvalue weighted by molar-refractivity contribution is -0.141. The number of aliphatic hydroxyl groups is 1. The lowest BCUT2D eigenvalue weighted by atomic mass is 9.92.